The standard InChI is InChI=1S/C13H22N2OS/c1-13(2)9-15(6-4-12(13)14)8-11-10(16-3)5-7-17-11/h5,7,12H,4,6,8-9,14H2,1-3H3. The molecular formula is C13H22N2OS. The molecule has 0 bridgehead atoms. The molecule has 1 aromatic rings. The lowest BCUT2D eigenvalue weighted by Crippen LogP contribution is -2.51. The van der Waals surface area contributed by atoms with Crippen molar-refractivity contribution in [2.45, 2.75) is 32.9 Å². The Kier molecular flexibility index (Phi) is 3.76. The Labute approximate surface area is 108 Å². The van der Waals surface area contributed by atoms with Crippen LogP contribution >= 0.6 is 11.3 Å². The van der Waals surface area contributed by atoms with Crippen LogP contribution in [-0.4, -0.2) is 31.1 Å². The van der Waals surface area contributed by atoms with Crippen molar-refractivity contribution in [3.63, 3.8) is 0 Å². The van der Waals surface area contributed by atoms with Crippen molar-refractivity contribution in [1.29, 1.82) is 0 Å². The van der Waals surface area contributed by atoms with Gasteiger partial charge in [0, 0.05) is 25.7 Å². The molecule has 1 aromatic heterocycles. The molecule has 1 atom stereocenters. The van der Waals surface area contributed by atoms with E-state index in [4.69, 9.17) is 10.5 Å². The van der Waals surface area contributed by atoms with Gasteiger partial charge in [-0.25, -0.2) is 0 Å². The van der Waals surface area contributed by atoms with Crippen molar-refractivity contribution in [3.8, 4) is 5.75 Å². The molecular weight excluding hydrogens is 232 g/mol. The molecule has 2 heterocycles. The van der Waals surface area contributed by atoms with Crippen molar-refractivity contribution in [2.24, 2.45) is 11.1 Å². The lowest BCUT2D eigenvalue weighted by molar-refractivity contribution is 0.0901. The monoisotopic (exact) mass is 254 g/mol. The van der Waals surface area contributed by atoms with E-state index in [1.165, 1.54) is 4.88 Å². The molecule has 1 unspecified atom stereocenters. The van der Waals surface area contributed by atoms with Crippen LogP contribution in [-0.2, 0) is 6.54 Å². The number of nitrogens with two attached hydrogens (primary N) is 1. The Morgan fingerprint density at radius 3 is 3.00 bits per heavy atom. The summed E-state index contributed by atoms with van der Waals surface area (Å²) >= 11 is 1.77. The van der Waals surface area contributed by atoms with Crippen LogP contribution in [0.25, 0.3) is 0 Å². The first kappa shape index (κ1) is 12.9. The summed E-state index contributed by atoms with van der Waals surface area (Å²) in [5.41, 5.74) is 6.37. The molecule has 96 valence electrons. The number of ether oxygens (including phenoxy) is 1. The van der Waals surface area contributed by atoms with Crippen LogP contribution in [0.15, 0.2) is 11.4 Å². The van der Waals surface area contributed by atoms with Gasteiger partial charge in [-0.3, -0.25) is 4.90 Å². The number of methoxy groups -OCH3 is 1. The number of thiophene rings is 1. The molecule has 0 radical (unpaired) electrons. The van der Waals surface area contributed by atoms with E-state index in [0.29, 0.717) is 6.04 Å². The Morgan fingerprint density at radius 2 is 2.35 bits per heavy atom. The second-order valence-electron chi connectivity index (χ2n) is 5.51. The van der Waals surface area contributed by atoms with E-state index in [0.717, 1.165) is 31.8 Å². The van der Waals surface area contributed by atoms with Gasteiger partial charge in [-0.2, -0.15) is 0 Å². The molecule has 2 rings (SSSR count). The minimum Gasteiger partial charge on any atom is -0.496 e. The number of hydrogen-bond donors (Lipinski definition) is 1. The molecule has 2 N–H and O–H groups in total. The molecule has 4 heteroatoms. The lowest BCUT2D eigenvalue weighted by atomic mass is 9.80. The van der Waals surface area contributed by atoms with Gasteiger partial charge in [0.2, 0.25) is 0 Å². The second-order valence-corrected chi connectivity index (χ2v) is 6.51. The second kappa shape index (κ2) is 4.96. The summed E-state index contributed by atoms with van der Waals surface area (Å²) in [5.74, 6) is 1.02. The topological polar surface area (TPSA) is 38.5 Å². The molecule has 0 aromatic carbocycles. The van der Waals surface area contributed by atoms with Gasteiger partial charge >= 0.3 is 0 Å². The predicted molar refractivity (Wildman–Crippen MR) is 72.5 cm³/mol. The largest absolute Gasteiger partial charge is 0.496 e. The van der Waals surface area contributed by atoms with E-state index in [1.807, 2.05) is 6.07 Å². The summed E-state index contributed by atoms with van der Waals surface area (Å²) in [5, 5.41) is 2.09. The van der Waals surface area contributed by atoms with Crippen LogP contribution in [0, 0.1) is 5.41 Å². The number of likely N-dealkylation sites (tertiary alicyclic amines) is 1. The maximum atomic E-state index is 6.16. The van der Waals surface area contributed by atoms with Crippen LogP contribution in [0.2, 0.25) is 0 Å². The summed E-state index contributed by atoms with van der Waals surface area (Å²) in [7, 11) is 1.74. The van der Waals surface area contributed by atoms with E-state index in [2.05, 4.69) is 24.1 Å². The molecule has 0 saturated carbocycles. The van der Waals surface area contributed by atoms with E-state index in [9.17, 15) is 0 Å². The Balaban J connectivity index is 2.01. The summed E-state index contributed by atoms with van der Waals surface area (Å²) in [6.07, 6.45) is 1.08. The third-order valence-electron chi connectivity index (χ3n) is 3.68. The maximum Gasteiger partial charge on any atom is 0.134 e. The van der Waals surface area contributed by atoms with Crippen molar-refractivity contribution >= 4 is 11.3 Å². The first-order valence-corrected chi connectivity index (χ1v) is 6.99. The Bertz CT molecular complexity index is 375. The highest BCUT2D eigenvalue weighted by Crippen LogP contribution is 2.31. The molecule has 0 amide bonds. The summed E-state index contributed by atoms with van der Waals surface area (Å²) in [6, 6.07) is 2.37. The van der Waals surface area contributed by atoms with E-state index >= 15 is 0 Å². The molecule has 1 aliphatic rings. The van der Waals surface area contributed by atoms with Gasteiger partial charge < -0.3 is 10.5 Å². The van der Waals surface area contributed by atoms with Crippen LogP contribution in [0.3, 0.4) is 0 Å². The first-order valence-electron chi connectivity index (χ1n) is 6.11. The highest BCUT2D eigenvalue weighted by atomic mass is 32.1. The number of nitrogens with zero attached hydrogens (tertiary/aromatic N) is 1. The highest BCUT2D eigenvalue weighted by molar-refractivity contribution is 7.10. The summed E-state index contributed by atoms with van der Waals surface area (Å²) in [6.45, 7) is 7.66. The SMILES string of the molecule is COc1ccsc1CN1CCC(N)C(C)(C)C1. The van der Waals surface area contributed by atoms with Crippen LogP contribution in [0.4, 0.5) is 0 Å². The Hall–Kier alpha value is -0.580. The first-order chi connectivity index (χ1) is 8.03. The third-order valence-corrected chi connectivity index (χ3v) is 4.57. The average Bonchev–Trinajstić information content (AvgIpc) is 2.70. The smallest absolute Gasteiger partial charge is 0.134 e. The third kappa shape index (κ3) is 2.81. The van der Waals surface area contributed by atoms with Crippen LogP contribution in [0.1, 0.15) is 25.1 Å². The maximum absolute atomic E-state index is 6.16. The average molecular weight is 254 g/mol. The number of piperidine rings is 1. The van der Waals surface area contributed by atoms with Gasteiger partial charge in [-0.15, -0.1) is 11.3 Å². The van der Waals surface area contributed by atoms with E-state index in [1.54, 1.807) is 18.4 Å². The minimum absolute atomic E-state index is 0.211. The summed E-state index contributed by atoms with van der Waals surface area (Å²) < 4.78 is 5.36. The van der Waals surface area contributed by atoms with E-state index in [-0.39, 0.29) is 5.41 Å². The van der Waals surface area contributed by atoms with Gasteiger partial charge in [-0.1, -0.05) is 13.8 Å². The zero-order valence-corrected chi connectivity index (χ0v) is 11.7. The fraction of sp³-hybridized carbons (Fsp3) is 0.692. The van der Waals surface area contributed by atoms with Gasteiger partial charge in [0.25, 0.3) is 0 Å². The zero-order valence-electron chi connectivity index (χ0n) is 10.9. The zero-order chi connectivity index (χ0) is 12.5. The van der Waals surface area contributed by atoms with Crippen molar-refractivity contribution in [3.05, 3.63) is 16.3 Å². The van der Waals surface area contributed by atoms with E-state index < -0.39 is 0 Å². The number of rotatable bonds is 3. The molecule has 1 fully saturated rings. The minimum atomic E-state index is 0.211. The fourth-order valence-corrected chi connectivity index (χ4v) is 3.33. The molecule has 17 heavy (non-hydrogen) atoms. The lowest BCUT2D eigenvalue weighted by Gasteiger charge is -2.42. The normalized spacial score (nSPS) is 24.8. The van der Waals surface area contributed by atoms with Gasteiger partial charge in [0.15, 0.2) is 0 Å². The Morgan fingerprint density at radius 1 is 1.59 bits per heavy atom. The molecule has 1 aliphatic heterocycles. The predicted octanol–water partition coefficient (Wildman–Crippen LogP) is 2.32. The highest BCUT2D eigenvalue weighted by Gasteiger charge is 2.33. The fourth-order valence-electron chi connectivity index (χ4n) is 2.45. The molecule has 0 spiro atoms. The number of hydrogen-bond acceptors (Lipinski definition) is 4. The quantitative estimate of drug-likeness (QED) is 0.899. The van der Waals surface area contributed by atoms with Gasteiger partial charge in [0.05, 0.1) is 12.0 Å². The van der Waals surface area contributed by atoms with Crippen LogP contribution < -0.4 is 10.5 Å². The molecule has 0 aliphatic carbocycles. The molecule has 1 saturated heterocycles. The van der Waals surface area contributed by atoms with Crippen LogP contribution in [0.5, 0.6) is 5.75 Å². The van der Waals surface area contributed by atoms with Crippen molar-refractivity contribution in [2.75, 3.05) is 20.2 Å². The summed E-state index contributed by atoms with van der Waals surface area (Å²) in [4.78, 5) is 3.80. The van der Waals surface area contributed by atoms with Gasteiger partial charge in [0.1, 0.15) is 5.75 Å². The van der Waals surface area contributed by atoms with Gasteiger partial charge in [-0.05, 0) is 23.3 Å². The van der Waals surface area contributed by atoms with Crippen molar-refractivity contribution < 1.29 is 4.74 Å². The molecule has 3 nitrogen and oxygen atoms in total. The van der Waals surface area contributed by atoms with Crippen molar-refractivity contribution in [1.82, 2.24) is 4.90 Å².